The van der Waals surface area contributed by atoms with Gasteiger partial charge in [0.05, 0.1) is 13.2 Å². The van der Waals surface area contributed by atoms with Crippen LogP contribution in [0.2, 0.25) is 0 Å². The largest absolute Gasteiger partial charge is 0.480 e. The topological polar surface area (TPSA) is 105 Å². The summed E-state index contributed by atoms with van der Waals surface area (Å²) in [4.78, 5) is 35.5. The summed E-state index contributed by atoms with van der Waals surface area (Å²) in [5, 5.41) is 14.5. The van der Waals surface area contributed by atoms with Gasteiger partial charge in [0.15, 0.2) is 6.04 Å². The molecule has 0 saturated heterocycles. The van der Waals surface area contributed by atoms with Gasteiger partial charge in [-0.25, -0.2) is 4.79 Å². The van der Waals surface area contributed by atoms with Crippen LogP contribution in [-0.4, -0.2) is 42.1 Å². The van der Waals surface area contributed by atoms with Gasteiger partial charge >= 0.3 is 5.97 Å². The van der Waals surface area contributed by atoms with Crippen molar-refractivity contribution in [1.29, 1.82) is 0 Å². The third-order valence-electron chi connectivity index (χ3n) is 4.53. The number of hydrogen-bond acceptors (Lipinski definition) is 4. The Bertz CT molecular complexity index is 665. The van der Waals surface area contributed by atoms with Crippen LogP contribution in [0, 0.1) is 5.92 Å². The van der Waals surface area contributed by atoms with Crippen molar-refractivity contribution in [2.24, 2.45) is 5.92 Å². The average molecular weight is 374 g/mol. The summed E-state index contributed by atoms with van der Waals surface area (Å²) in [7, 11) is 0. The Morgan fingerprint density at radius 1 is 1.22 bits per heavy atom. The Hall–Kier alpha value is -2.67. The van der Waals surface area contributed by atoms with E-state index in [-0.39, 0.29) is 25.0 Å². The smallest absolute Gasteiger partial charge is 0.328 e. The zero-order chi connectivity index (χ0) is 19.6. The number of ether oxygens (including phenoxy) is 1. The van der Waals surface area contributed by atoms with Gasteiger partial charge in [0.2, 0.25) is 5.91 Å². The van der Waals surface area contributed by atoms with Crippen molar-refractivity contribution in [2.75, 3.05) is 13.2 Å². The molecule has 7 nitrogen and oxygen atoms in total. The van der Waals surface area contributed by atoms with Crippen molar-refractivity contribution >= 4 is 17.8 Å². The highest BCUT2D eigenvalue weighted by Crippen LogP contribution is 2.24. The minimum absolute atomic E-state index is 0.0816. The van der Waals surface area contributed by atoms with E-state index in [0.29, 0.717) is 12.1 Å². The lowest BCUT2D eigenvalue weighted by Gasteiger charge is -2.14. The Kier molecular flexibility index (Phi) is 8.00. The van der Waals surface area contributed by atoms with Crippen LogP contribution in [-0.2, 0) is 20.9 Å². The molecule has 1 atom stereocenters. The van der Waals surface area contributed by atoms with Gasteiger partial charge in [-0.3, -0.25) is 9.59 Å². The zero-order valence-corrected chi connectivity index (χ0v) is 15.3. The number of amides is 2. The lowest BCUT2D eigenvalue weighted by Crippen LogP contribution is -2.44. The van der Waals surface area contributed by atoms with Gasteiger partial charge in [0.25, 0.3) is 5.91 Å². The molecule has 3 N–H and O–H groups in total. The molecule has 1 unspecified atom stereocenters. The van der Waals surface area contributed by atoms with E-state index in [2.05, 4.69) is 17.2 Å². The number of benzene rings is 1. The molecular formula is C20H26N2O5. The Morgan fingerprint density at radius 3 is 2.48 bits per heavy atom. The molecule has 146 valence electrons. The van der Waals surface area contributed by atoms with Crippen molar-refractivity contribution in [3.8, 4) is 0 Å². The molecule has 0 aliphatic heterocycles. The molecular weight excluding hydrogens is 348 g/mol. The van der Waals surface area contributed by atoms with E-state index in [0.717, 1.165) is 31.2 Å². The van der Waals surface area contributed by atoms with E-state index in [9.17, 15) is 14.4 Å². The molecule has 1 fully saturated rings. The first kappa shape index (κ1) is 20.6. The highest BCUT2D eigenvalue weighted by atomic mass is 16.5. The van der Waals surface area contributed by atoms with Crippen LogP contribution in [0.3, 0.4) is 0 Å². The van der Waals surface area contributed by atoms with E-state index in [1.165, 1.54) is 6.08 Å². The number of carbonyl (C=O) groups is 3. The van der Waals surface area contributed by atoms with Crippen LogP contribution >= 0.6 is 0 Å². The molecule has 1 aliphatic carbocycles. The molecule has 2 amide bonds. The predicted octanol–water partition coefficient (Wildman–Crippen LogP) is 1.88. The highest BCUT2D eigenvalue weighted by Gasteiger charge is 2.22. The minimum atomic E-state index is -1.17. The second kappa shape index (κ2) is 10.5. The van der Waals surface area contributed by atoms with Gasteiger partial charge < -0.3 is 20.5 Å². The monoisotopic (exact) mass is 374 g/mol. The maximum atomic E-state index is 12.2. The molecule has 1 aliphatic rings. The van der Waals surface area contributed by atoms with Crippen LogP contribution in [0.5, 0.6) is 0 Å². The number of carbonyl (C=O) groups excluding carboxylic acids is 2. The Labute approximate surface area is 158 Å². The number of carboxylic acids is 1. The first-order valence-corrected chi connectivity index (χ1v) is 9.10. The zero-order valence-electron chi connectivity index (χ0n) is 15.3. The maximum absolute atomic E-state index is 12.2. The van der Waals surface area contributed by atoms with E-state index < -0.39 is 17.9 Å². The highest BCUT2D eigenvalue weighted by molar-refractivity contribution is 5.96. The van der Waals surface area contributed by atoms with Gasteiger partial charge in [-0.05, 0) is 30.5 Å². The van der Waals surface area contributed by atoms with Crippen LogP contribution in [0.1, 0.15) is 41.6 Å². The molecule has 1 saturated carbocycles. The first-order chi connectivity index (χ1) is 13.0. The first-order valence-electron chi connectivity index (χ1n) is 9.10. The molecule has 27 heavy (non-hydrogen) atoms. The number of hydrogen-bond donors (Lipinski definition) is 3. The quantitative estimate of drug-likeness (QED) is 0.428. The third kappa shape index (κ3) is 6.53. The molecule has 0 radical (unpaired) electrons. The minimum Gasteiger partial charge on any atom is -0.480 e. The van der Waals surface area contributed by atoms with E-state index in [1.54, 1.807) is 24.3 Å². The fraction of sp³-hybridized carbons (Fsp3) is 0.450. The van der Waals surface area contributed by atoms with Crippen LogP contribution in [0.25, 0.3) is 0 Å². The average Bonchev–Trinajstić information content (AvgIpc) is 3.20. The summed E-state index contributed by atoms with van der Waals surface area (Å²) in [5.74, 6) is -1.46. The fourth-order valence-electron chi connectivity index (χ4n) is 2.98. The van der Waals surface area contributed by atoms with Crippen LogP contribution < -0.4 is 10.6 Å². The van der Waals surface area contributed by atoms with Gasteiger partial charge in [0.1, 0.15) is 0 Å². The summed E-state index contributed by atoms with van der Waals surface area (Å²) in [6, 6.07) is 5.57. The molecule has 0 bridgehead atoms. The SMILES string of the molecule is C=CCOCC(NC(=O)c1ccc(CNC(=O)C2CCCC2)cc1)C(=O)O. The Morgan fingerprint density at radius 2 is 1.89 bits per heavy atom. The molecule has 7 heteroatoms. The van der Waals surface area contributed by atoms with Gasteiger partial charge in [-0.1, -0.05) is 31.1 Å². The molecule has 2 rings (SSSR count). The molecule has 0 heterocycles. The lowest BCUT2D eigenvalue weighted by molar-refractivity contribution is -0.140. The van der Waals surface area contributed by atoms with Crippen molar-refractivity contribution in [1.82, 2.24) is 10.6 Å². The summed E-state index contributed by atoms with van der Waals surface area (Å²) < 4.78 is 5.10. The van der Waals surface area contributed by atoms with Crippen molar-refractivity contribution in [2.45, 2.75) is 38.3 Å². The van der Waals surface area contributed by atoms with Gasteiger partial charge in [0, 0.05) is 18.0 Å². The number of carboxylic acid groups (broad SMARTS) is 1. The van der Waals surface area contributed by atoms with E-state index >= 15 is 0 Å². The van der Waals surface area contributed by atoms with Gasteiger partial charge in [-0.15, -0.1) is 6.58 Å². The summed E-state index contributed by atoms with van der Waals surface area (Å²) in [6.07, 6.45) is 5.62. The second-order valence-electron chi connectivity index (χ2n) is 6.59. The van der Waals surface area contributed by atoms with E-state index in [4.69, 9.17) is 9.84 Å². The number of nitrogens with one attached hydrogen (secondary N) is 2. The lowest BCUT2D eigenvalue weighted by atomic mass is 10.1. The second-order valence-corrected chi connectivity index (χ2v) is 6.59. The molecule has 0 spiro atoms. The number of aliphatic carboxylic acids is 1. The van der Waals surface area contributed by atoms with Crippen LogP contribution in [0.4, 0.5) is 0 Å². The third-order valence-corrected chi connectivity index (χ3v) is 4.53. The van der Waals surface area contributed by atoms with Crippen LogP contribution in [0.15, 0.2) is 36.9 Å². The summed E-state index contributed by atoms with van der Waals surface area (Å²) >= 11 is 0. The summed E-state index contributed by atoms with van der Waals surface area (Å²) in [6.45, 7) is 3.96. The molecule has 1 aromatic rings. The number of rotatable bonds is 10. The normalized spacial score (nSPS) is 15.1. The summed E-state index contributed by atoms with van der Waals surface area (Å²) in [5.41, 5.74) is 1.22. The maximum Gasteiger partial charge on any atom is 0.328 e. The van der Waals surface area contributed by atoms with E-state index in [1.807, 2.05) is 0 Å². The predicted molar refractivity (Wildman–Crippen MR) is 100 cm³/mol. The molecule has 1 aromatic carbocycles. The van der Waals surface area contributed by atoms with Crippen molar-refractivity contribution in [3.05, 3.63) is 48.0 Å². The standard InChI is InChI=1S/C20H26N2O5/c1-2-11-27-13-17(20(25)26)22-19(24)16-9-7-14(8-10-16)12-21-18(23)15-5-3-4-6-15/h2,7-10,15,17H,1,3-6,11-13H2,(H,21,23)(H,22,24)(H,25,26). The molecule has 0 aromatic heterocycles. The van der Waals surface area contributed by atoms with Gasteiger partial charge in [-0.2, -0.15) is 0 Å². The Balaban J connectivity index is 1.85. The van der Waals surface area contributed by atoms with Crippen molar-refractivity contribution in [3.63, 3.8) is 0 Å². The van der Waals surface area contributed by atoms with Crippen molar-refractivity contribution < 1.29 is 24.2 Å². The fourth-order valence-corrected chi connectivity index (χ4v) is 2.98.